The summed E-state index contributed by atoms with van der Waals surface area (Å²) in [6.07, 6.45) is 2.37. The number of amides is 3. The van der Waals surface area contributed by atoms with Crippen LogP contribution in [0.3, 0.4) is 0 Å². The van der Waals surface area contributed by atoms with Crippen molar-refractivity contribution in [1.29, 1.82) is 0 Å². The predicted molar refractivity (Wildman–Crippen MR) is 135 cm³/mol. The highest BCUT2D eigenvalue weighted by atomic mass is 16.2. The Kier molecular flexibility index (Phi) is 7.27. The number of nitrogens with zero attached hydrogens (tertiary/aromatic N) is 3. The van der Waals surface area contributed by atoms with Gasteiger partial charge < -0.3 is 26.2 Å². The van der Waals surface area contributed by atoms with Crippen molar-refractivity contribution in [3.8, 4) is 0 Å². The highest BCUT2D eigenvalue weighted by Gasteiger charge is 2.28. The van der Waals surface area contributed by atoms with Crippen LogP contribution in [0.1, 0.15) is 22.8 Å². The number of rotatable bonds is 6. The van der Waals surface area contributed by atoms with Gasteiger partial charge in [-0.3, -0.25) is 4.79 Å². The van der Waals surface area contributed by atoms with Crippen LogP contribution in [0.4, 0.5) is 22.0 Å². The number of carbonyl (C=O) groups is 2. The first kappa shape index (κ1) is 23.1. The monoisotopic (exact) mass is 458 g/mol. The van der Waals surface area contributed by atoms with E-state index in [2.05, 4.69) is 32.7 Å². The summed E-state index contributed by atoms with van der Waals surface area (Å²) in [5, 5.41) is 5.84. The Hall–Kier alpha value is -4.07. The van der Waals surface area contributed by atoms with Gasteiger partial charge in [-0.15, -0.1) is 0 Å². The Labute approximate surface area is 199 Å². The topological polar surface area (TPSA) is 104 Å². The maximum Gasteiger partial charge on any atom is 0.317 e. The second kappa shape index (κ2) is 10.7. The molecule has 8 heteroatoms. The van der Waals surface area contributed by atoms with E-state index in [1.807, 2.05) is 48.2 Å². The summed E-state index contributed by atoms with van der Waals surface area (Å²) in [6, 6.07) is 20.8. The number of nitrogens with two attached hydrogens (primary N) is 1. The third-order valence-corrected chi connectivity index (χ3v) is 5.96. The average Bonchev–Trinajstić information content (AvgIpc) is 2.86. The molecule has 34 heavy (non-hydrogen) atoms. The number of nitrogens with one attached hydrogen (secondary N) is 2. The zero-order valence-corrected chi connectivity index (χ0v) is 19.3. The van der Waals surface area contributed by atoms with E-state index in [0.717, 1.165) is 12.2 Å². The van der Waals surface area contributed by atoms with Crippen molar-refractivity contribution in [2.75, 3.05) is 42.1 Å². The lowest BCUT2D eigenvalue weighted by atomic mass is 10.1. The van der Waals surface area contributed by atoms with E-state index >= 15 is 0 Å². The lowest BCUT2D eigenvalue weighted by Crippen LogP contribution is -2.57. The molecule has 0 spiro atoms. The molecule has 4 rings (SSSR count). The number of carbonyl (C=O) groups excluding carboxylic acids is 2. The maximum absolute atomic E-state index is 12.7. The largest absolute Gasteiger partial charge is 0.397 e. The van der Waals surface area contributed by atoms with E-state index in [9.17, 15) is 9.59 Å². The van der Waals surface area contributed by atoms with Crippen LogP contribution in [-0.4, -0.2) is 54.0 Å². The van der Waals surface area contributed by atoms with Crippen LogP contribution in [0.2, 0.25) is 0 Å². The van der Waals surface area contributed by atoms with Gasteiger partial charge in [0.15, 0.2) is 0 Å². The quantitative estimate of drug-likeness (QED) is 0.492. The Bertz CT molecular complexity index is 1120. The predicted octanol–water partition coefficient (Wildman–Crippen LogP) is 3.38. The minimum absolute atomic E-state index is 0.0382. The fraction of sp³-hybridized carbons (Fsp3) is 0.269. The summed E-state index contributed by atoms with van der Waals surface area (Å²) < 4.78 is 0. The number of pyridine rings is 1. The van der Waals surface area contributed by atoms with Gasteiger partial charge in [0.1, 0.15) is 5.82 Å². The molecule has 1 atom stereocenters. The Morgan fingerprint density at radius 1 is 1.03 bits per heavy atom. The Morgan fingerprint density at radius 2 is 1.79 bits per heavy atom. The molecule has 3 aromatic rings. The number of urea groups is 1. The summed E-state index contributed by atoms with van der Waals surface area (Å²) in [6.45, 7) is 4.60. The van der Waals surface area contributed by atoms with Crippen LogP contribution in [0.25, 0.3) is 0 Å². The molecule has 0 saturated carbocycles. The molecule has 2 heterocycles. The van der Waals surface area contributed by atoms with Crippen LogP contribution < -0.4 is 21.3 Å². The molecular formula is C26H30N6O2. The third kappa shape index (κ3) is 5.64. The number of anilines is 3. The van der Waals surface area contributed by atoms with Gasteiger partial charge in [-0.2, -0.15) is 0 Å². The average molecular weight is 459 g/mol. The first-order chi connectivity index (χ1) is 16.5. The summed E-state index contributed by atoms with van der Waals surface area (Å²) in [5.74, 6) is 0.522. The molecule has 176 valence electrons. The highest BCUT2D eigenvalue weighted by Crippen LogP contribution is 2.20. The molecule has 1 aromatic heterocycles. The molecule has 1 aliphatic rings. The van der Waals surface area contributed by atoms with E-state index in [-0.39, 0.29) is 18.0 Å². The summed E-state index contributed by atoms with van der Waals surface area (Å²) in [7, 11) is 0. The fourth-order valence-electron chi connectivity index (χ4n) is 4.04. The third-order valence-electron chi connectivity index (χ3n) is 5.96. The van der Waals surface area contributed by atoms with Gasteiger partial charge in [-0.1, -0.05) is 42.5 Å². The number of hydrogen-bond donors (Lipinski definition) is 3. The van der Waals surface area contributed by atoms with Gasteiger partial charge in [0, 0.05) is 38.4 Å². The normalized spacial score (nSPS) is 15.6. The molecular weight excluding hydrogens is 428 g/mol. The van der Waals surface area contributed by atoms with Gasteiger partial charge in [-0.25, -0.2) is 9.78 Å². The molecule has 8 nitrogen and oxygen atoms in total. The molecule has 0 bridgehead atoms. The van der Waals surface area contributed by atoms with Gasteiger partial charge in [-0.05, 0) is 43.2 Å². The number of hydrogen-bond acceptors (Lipinski definition) is 5. The van der Waals surface area contributed by atoms with Crippen LogP contribution in [-0.2, 0) is 6.42 Å². The van der Waals surface area contributed by atoms with Crippen molar-refractivity contribution in [3.63, 3.8) is 0 Å². The van der Waals surface area contributed by atoms with Gasteiger partial charge in [0.2, 0.25) is 0 Å². The van der Waals surface area contributed by atoms with Gasteiger partial charge in [0.05, 0.1) is 16.9 Å². The highest BCUT2D eigenvalue weighted by molar-refractivity contribution is 6.05. The minimum atomic E-state index is -0.262. The molecule has 1 aliphatic heterocycles. The molecule has 0 radical (unpaired) electrons. The van der Waals surface area contributed by atoms with Crippen LogP contribution in [0.5, 0.6) is 0 Å². The molecule has 4 N–H and O–H groups in total. The lowest BCUT2D eigenvalue weighted by Gasteiger charge is -2.40. The molecule has 1 fully saturated rings. The van der Waals surface area contributed by atoms with Crippen molar-refractivity contribution in [1.82, 2.24) is 15.2 Å². The second-order valence-corrected chi connectivity index (χ2v) is 8.40. The number of nitrogen functional groups attached to an aromatic ring is 1. The SMILES string of the molecule is C[C@H]1CN(c2ccc(C(=O)Nc3ccccc3N)cn2)CCN1C(=O)NCCc1ccccc1. The molecule has 0 aliphatic carbocycles. The maximum atomic E-state index is 12.7. The lowest BCUT2D eigenvalue weighted by molar-refractivity contribution is 0.102. The summed E-state index contributed by atoms with van der Waals surface area (Å²) in [4.78, 5) is 33.7. The molecule has 0 unspecified atom stereocenters. The standard InChI is InChI=1S/C26H30N6O2/c1-19-18-31(15-16-32(19)26(34)28-14-13-20-7-3-2-4-8-20)24-12-11-21(17-29-24)25(33)30-23-10-6-5-9-22(23)27/h2-12,17,19H,13-16,18,27H2,1H3,(H,28,34)(H,30,33)/t19-/m0/s1. The first-order valence-corrected chi connectivity index (χ1v) is 11.5. The smallest absolute Gasteiger partial charge is 0.317 e. The summed E-state index contributed by atoms with van der Waals surface area (Å²) >= 11 is 0. The van der Waals surface area contributed by atoms with Gasteiger partial charge >= 0.3 is 6.03 Å². The zero-order valence-electron chi connectivity index (χ0n) is 19.3. The van der Waals surface area contributed by atoms with E-state index in [1.165, 1.54) is 5.56 Å². The van der Waals surface area contributed by atoms with E-state index in [0.29, 0.717) is 43.1 Å². The minimum Gasteiger partial charge on any atom is -0.397 e. The molecule has 3 amide bonds. The van der Waals surface area contributed by atoms with Crippen LogP contribution in [0.15, 0.2) is 72.9 Å². The van der Waals surface area contributed by atoms with Crippen molar-refractivity contribution < 1.29 is 9.59 Å². The van der Waals surface area contributed by atoms with E-state index in [4.69, 9.17) is 5.73 Å². The van der Waals surface area contributed by atoms with Gasteiger partial charge in [0.25, 0.3) is 5.91 Å². The Morgan fingerprint density at radius 3 is 2.50 bits per heavy atom. The number of aromatic nitrogens is 1. The van der Waals surface area contributed by atoms with Crippen LogP contribution in [0, 0.1) is 0 Å². The van der Waals surface area contributed by atoms with Crippen molar-refractivity contribution in [3.05, 3.63) is 84.1 Å². The van der Waals surface area contributed by atoms with Crippen molar-refractivity contribution in [2.24, 2.45) is 0 Å². The summed E-state index contributed by atoms with van der Waals surface area (Å²) in [5.41, 5.74) is 8.64. The number of para-hydroxylation sites is 2. The zero-order chi connectivity index (χ0) is 23.9. The van der Waals surface area contributed by atoms with Crippen molar-refractivity contribution >= 4 is 29.1 Å². The number of benzene rings is 2. The van der Waals surface area contributed by atoms with Crippen LogP contribution >= 0.6 is 0 Å². The van der Waals surface area contributed by atoms with E-state index in [1.54, 1.807) is 24.4 Å². The fourth-order valence-corrected chi connectivity index (χ4v) is 4.04. The molecule has 2 aromatic carbocycles. The van der Waals surface area contributed by atoms with E-state index < -0.39 is 0 Å². The van der Waals surface area contributed by atoms with Crippen molar-refractivity contribution in [2.45, 2.75) is 19.4 Å². The first-order valence-electron chi connectivity index (χ1n) is 11.5. The molecule has 1 saturated heterocycles. The Balaban J connectivity index is 1.28. The second-order valence-electron chi connectivity index (χ2n) is 8.40. The number of piperazine rings is 1.